The number of anilines is 1. The zero-order valence-corrected chi connectivity index (χ0v) is 6.79. The largest absolute Gasteiger partial charge is 0.321 e. The summed E-state index contributed by atoms with van der Waals surface area (Å²) in [6.45, 7) is 0. The molecule has 0 aromatic heterocycles. The highest BCUT2D eigenvalue weighted by atomic mass is 16.1. The van der Waals surface area contributed by atoms with Crippen LogP contribution in [0.2, 0.25) is 0 Å². The van der Waals surface area contributed by atoms with Gasteiger partial charge in [0.1, 0.15) is 0 Å². The topological polar surface area (TPSA) is 29.1 Å². The van der Waals surface area contributed by atoms with Crippen LogP contribution in [0.4, 0.5) is 5.69 Å². The number of hydrogen-bond donors (Lipinski definition) is 1. The monoisotopic (exact) mass is 168 g/mol. The second kappa shape index (κ2) is 2.10. The zero-order chi connectivity index (χ0) is 8.84. The minimum Gasteiger partial charge on any atom is -0.321 e. The summed E-state index contributed by atoms with van der Waals surface area (Å²) < 4.78 is 0. The van der Waals surface area contributed by atoms with Crippen molar-refractivity contribution in [2.75, 3.05) is 5.32 Å². The highest BCUT2D eigenvalue weighted by molar-refractivity contribution is 6.23. The van der Waals surface area contributed by atoms with E-state index in [1.807, 2.05) is 30.3 Å². The molecule has 1 aliphatic rings. The lowest BCUT2D eigenvalue weighted by molar-refractivity contribution is 0.103. The fourth-order valence-electron chi connectivity index (χ4n) is 1.74. The number of rotatable bonds is 0. The molecule has 2 aromatic carbocycles. The number of carbonyl (C=O) groups is 1. The summed E-state index contributed by atoms with van der Waals surface area (Å²) in [6.07, 6.45) is 0. The van der Waals surface area contributed by atoms with Crippen molar-refractivity contribution < 1.29 is 4.79 Å². The van der Waals surface area contributed by atoms with Crippen molar-refractivity contribution in [2.45, 2.75) is 0 Å². The summed E-state index contributed by atoms with van der Waals surface area (Å²) in [7, 11) is 0. The van der Waals surface area contributed by atoms with E-state index in [-0.39, 0.29) is 5.91 Å². The molecule has 0 atom stereocenters. The molecule has 0 bridgehead atoms. The van der Waals surface area contributed by atoms with E-state index in [2.05, 4.69) is 11.4 Å². The van der Waals surface area contributed by atoms with E-state index in [9.17, 15) is 4.79 Å². The van der Waals surface area contributed by atoms with Crippen LogP contribution in [0.1, 0.15) is 10.4 Å². The molecular weight excluding hydrogens is 162 g/mol. The maximum Gasteiger partial charge on any atom is 0.256 e. The SMILES string of the molecule is O=C1Nc2cc[c]c3cccc1c23. The molecule has 1 amide bonds. The Morgan fingerprint density at radius 3 is 3.08 bits per heavy atom. The van der Waals surface area contributed by atoms with Gasteiger partial charge in [0.25, 0.3) is 5.91 Å². The molecule has 13 heavy (non-hydrogen) atoms. The van der Waals surface area contributed by atoms with Gasteiger partial charge < -0.3 is 5.32 Å². The van der Waals surface area contributed by atoms with Gasteiger partial charge in [0.15, 0.2) is 0 Å². The van der Waals surface area contributed by atoms with E-state index in [1.165, 1.54) is 0 Å². The van der Waals surface area contributed by atoms with Crippen LogP contribution in [-0.4, -0.2) is 5.91 Å². The van der Waals surface area contributed by atoms with Crippen LogP contribution < -0.4 is 5.32 Å². The third-order valence-electron chi connectivity index (χ3n) is 2.32. The molecule has 1 aliphatic heterocycles. The van der Waals surface area contributed by atoms with Crippen molar-refractivity contribution in [2.24, 2.45) is 0 Å². The predicted molar refractivity (Wildman–Crippen MR) is 50.7 cm³/mol. The normalized spacial score (nSPS) is 13.4. The Bertz CT molecular complexity index is 511. The van der Waals surface area contributed by atoms with Crippen LogP contribution >= 0.6 is 0 Å². The van der Waals surface area contributed by atoms with E-state index in [1.54, 1.807) is 0 Å². The first-order chi connectivity index (χ1) is 6.36. The van der Waals surface area contributed by atoms with Gasteiger partial charge in [-0.25, -0.2) is 0 Å². The third-order valence-corrected chi connectivity index (χ3v) is 2.32. The van der Waals surface area contributed by atoms with Crippen LogP contribution in [0.5, 0.6) is 0 Å². The Balaban J connectivity index is 2.58. The van der Waals surface area contributed by atoms with Crippen LogP contribution in [0.25, 0.3) is 10.8 Å². The predicted octanol–water partition coefficient (Wildman–Crippen LogP) is 2.21. The molecule has 1 heterocycles. The van der Waals surface area contributed by atoms with Crippen molar-refractivity contribution in [1.82, 2.24) is 0 Å². The first-order valence-corrected chi connectivity index (χ1v) is 4.11. The number of nitrogens with one attached hydrogen (secondary N) is 1. The minimum atomic E-state index is -0.0137. The number of benzene rings is 2. The lowest BCUT2D eigenvalue weighted by Crippen LogP contribution is -2.03. The number of hydrogen-bond acceptors (Lipinski definition) is 1. The van der Waals surface area contributed by atoms with Crippen LogP contribution in [0.3, 0.4) is 0 Å². The lowest BCUT2D eigenvalue weighted by atomic mass is 10.1. The summed E-state index contributed by atoms with van der Waals surface area (Å²) in [5, 5.41) is 4.80. The molecule has 0 aliphatic carbocycles. The lowest BCUT2D eigenvalue weighted by Gasteiger charge is -1.96. The Labute approximate surface area is 75.2 Å². The maximum absolute atomic E-state index is 11.4. The van der Waals surface area contributed by atoms with Gasteiger partial charge in [-0.1, -0.05) is 18.2 Å². The Kier molecular flexibility index (Phi) is 1.08. The van der Waals surface area contributed by atoms with Gasteiger partial charge in [0.05, 0.1) is 0 Å². The van der Waals surface area contributed by atoms with Crippen molar-refractivity contribution >= 4 is 22.4 Å². The molecule has 3 rings (SSSR count). The van der Waals surface area contributed by atoms with Crippen LogP contribution in [0, 0.1) is 6.07 Å². The number of carbonyl (C=O) groups excluding carboxylic acids is 1. The molecule has 2 heteroatoms. The van der Waals surface area contributed by atoms with E-state index in [0.29, 0.717) is 0 Å². The molecule has 1 radical (unpaired) electrons. The summed E-state index contributed by atoms with van der Waals surface area (Å²) in [5.41, 5.74) is 1.65. The molecule has 0 unspecified atom stereocenters. The van der Waals surface area contributed by atoms with E-state index in [4.69, 9.17) is 0 Å². The average Bonchev–Trinajstić information content (AvgIpc) is 2.47. The van der Waals surface area contributed by atoms with E-state index >= 15 is 0 Å². The van der Waals surface area contributed by atoms with Crippen molar-refractivity contribution in [1.29, 1.82) is 0 Å². The van der Waals surface area contributed by atoms with Crippen molar-refractivity contribution in [3.05, 3.63) is 42.0 Å². The zero-order valence-electron chi connectivity index (χ0n) is 6.79. The molecule has 0 fully saturated rings. The van der Waals surface area contributed by atoms with Crippen molar-refractivity contribution in [3.8, 4) is 0 Å². The molecule has 2 aromatic rings. The average molecular weight is 168 g/mol. The third kappa shape index (κ3) is 0.746. The molecule has 61 valence electrons. The molecule has 0 spiro atoms. The molecular formula is C11H6NO. The van der Waals surface area contributed by atoms with Crippen LogP contribution in [-0.2, 0) is 0 Å². The second-order valence-corrected chi connectivity index (χ2v) is 3.07. The fourth-order valence-corrected chi connectivity index (χ4v) is 1.74. The standard InChI is InChI=1S/C11H6NO/c13-11-8-5-1-3-7-4-2-6-9(12-11)10(7)8/h1-3,5-6H,(H,12,13). The number of amides is 1. The smallest absolute Gasteiger partial charge is 0.256 e. The van der Waals surface area contributed by atoms with Gasteiger partial charge in [0, 0.05) is 16.6 Å². The Morgan fingerprint density at radius 1 is 1.23 bits per heavy atom. The van der Waals surface area contributed by atoms with Crippen molar-refractivity contribution in [3.63, 3.8) is 0 Å². The summed E-state index contributed by atoms with van der Waals surface area (Å²) in [5.74, 6) is -0.0137. The highest BCUT2D eigenvalue weighted by Crippen LogP contribution is 2.31. The van der Waals surface area contributed by atoms with Gasteiger partial charge in [0.2, 0.25) is 0 Å². The molecule has 1 N–H and O–H groups in total. The Hall–Kier alpha value is -1.83. The van der Waals surface area contributed by atoms with E-state index < -0.39 is 0 Å². The van der Waals surface area contributed by atoms with Gasteiger partial charge in [-0.15, -0.1) is 0 Å². The minimum absolute atomic E-state index is 0.0137. The molecule has 0 saturated carbocycles. The second-order valence-electron chi connectivity index (χ2n) is 3.07. The highest BCUT2D eigenvalue weighted by Gasteiger charge is 2.19. The van der Waals surface area contributed by atoms with E-state index in [0.717, 1.165) is 22.0 Å². The summed E-state index contributed by atoms with van der Waals surface area (Å²) >= 11 is 0. The fraction of sp³-hybridized carbons (Fsp3) is 0. The molecule has 0 saturated heterocycles. The van der Waals surface area contributed by atoms with Gasteiger partial charge >= 0.3 is 0 Å². The van der Waals surface area contributed by atoms with Crippen LogP contribution in [0.15, 0.2) is 30.3 Å². The quantitative estimate of drug-likeness (QED) is 0.642. The Morgan fingerprint density at radius 2 is 2.15 bits per heavy atom. The van der Waals surface area contributed by atoms with Gasteiger partial charge in [-0.2, -0.15) is 0 Å². The van der Waals surface area contributed by atoms with Gasteiger partial charge in [-0.05, 0) is 23.6 Å². The summed E-state index contributed by atoms with van der Waals surface area (Å²) in [6, 6.07) is 12.5. The van der Waals surface area contributed by atoms with Gasteiger partial charge in [-0.3, -0.25) is 4.79 Å². The maximum atomic E-state index is 11.4. The first kappa shape index (κ1) is 6.66. The summed E-state index contributed by atoms with van der Waals surface area (Å²) in [4.78, 5) is 11.4. The molecule has 2 nitrogen and oxygen atoms in total. The first-order valence-electron chi connectivity index (χ1n) is 4.11.